The topological polar surface area (TPSA) is 30.5 Å². The molecule has 1 aliphatic rings. The highest BCUT2D eigenvalue weighted by molar-refractivity contribution is 5.87. The van der Waals surface area contributed by atoms with Crippen LogP contribution in [0, 0.1) is 0 Å². The largest absolute Gasteiger partial charge is 0.491 e. The number of ether oxygens (including phenoxy) is 2. The average Bonchev–Trinajstić information content (AvgIpc) is 3.27. The molecule has 2 atom stereocenters. The Morgan fingerprint density at radius 1 is 1.04 bits per heavy atom. The molecule has 0 spiro atoms. The quantitative estimate of drug-likeness (QED) is 0.553. The molecule has 3 aromatic carbocycles. The van der Waals surface area contributed by atoms with E-state index in [1.165, 1.54) is 21.9 Å². The second-order valence-electron chi connectivity index (χ2n) is 7.46. The number of hydrogen-bond donors (Lipinski definition) is 1. The van der Waals surface area contributed by atoms with Gasteiger partial charge in [-0.3, -0.25) is 0 Å². The van der Waals surface area contributed by atoms with Gasteiger partial charge in [0.15, 0.2) is 0 Å². The van der Waals surface area contributed by atoms with Crippen LogP contribution >= 0.6 is 0 Å². The van der Waals surface area contributed by atoms with Gasteiger partial charge in [0.2, 0.25) is 0 Å². The highest BCUT2D eigenvalue weighted by Gasteiger charge is 2.18. The van der Waals surface area contributed by atoms with E-state index in [4.69, 9.17) is 9.47 Å². The summed E-state index contributed by atoms with van der Waals surface area (Å²) >= 11 is 0. The third-order valence-electron chi connectivity index (χ3n) is 5.58. The van der Waals surface area contributed by atoms with Gasteiger partial charge in [-0.15, -0.1) is 0 Å². The second kappa shape index (κ2) is 9.22. The van der Waals surface area contributed by atoms with Crippen molar-refractivity contribution in [2.24, 2.45) is 0 Å². The van der Waals surface area contributed by atoms with E-state index in [2.05, 4.69) is 79.0 Å². The number of nitrogens with one attached hydrogen (secondary N) is 1. The van der Waals surface area contributed by atoms with E-state index in [9.17, 15) is 0 Å². The number of benzene rings is 3. The molecule has 1 saturated heterocycles. The third kappa shape index (κ3) is 4.37. The Hall–Kier alpha value is -2.36. The predicted octanol–water partition coefficient (Wildman–Crippen LogP) is 5.64. The maximum absolute atomic E-state index is 6.24. The maximum Gasteiger partial charge on any atom is 0.124 e. The molecule has 0 amide bonds. The summed E-state index contributed by atoms with van der Waals surface area (Å²) in [5.41, 5.74) is 2.55. The fraction of sp³-hybridized carbons (Fsp3) is 0.360. The summed E-state index contributed by atoms with van der Waals surface area (Å²) in [7, 11) is 0. The summed E-state index contributed by atoms with van der Waals surface area (Å²) in [5, 5.41) is 6.25. The van der Waals surface area contributed by atoms with Gasteiger partial charge in [0.05, 0.1) is 6.10 Å². The van der Waals surface area contributed by atoms with Gasteiger partial charge >= 0.3 is 0 Å². The molecule has 1 aliphatic heterocycles. The van der Waals surface area contributed by atoms with Crippen LogP contribution in [0.2, 0.25) is 0 Å². The van der Waals surface area contributed by atoms with Gasteiger partial charge in [-0.25, -0.2) is 0 Å². The molecule has 0 radical (unpaired) electrons. The molecule has 146 valence electrons. The molecule has 0 aliphatic carbocycles. The van der Waals surface area contributed by atoms with Crippen LogP contribution in [0.3, 0.4) is 0 Å². The maximum atomic E-state index is 6.24. The van der Waals surface area contributed by atoms with Gasteiger partial charge in [0, 0.05) is 24.8 Å². The molecule has 28 heavy (non-hydrogen) atoms. The van der Waals surface area contributed by atoms with Crippen LogP contribution in [0.5, 0.6) is 5.75 Å². The van der Waals surface area contributed by atoms with Gasteiger partial charge in [-0.05, 0) is 41.7 Å². The monoisotopic (exact) mass is 375 g/mol. The molecule has 1 fully saturated rings. The Kier molecular flexibility index (Phi) is 6.25. The van der Waals surface area contributed by atoms with E-state index in [0.29, 0.717) is 12.6 Å². The predicted molar refractivity (Wildman–Crippen MR) is 115 cm³/mol. The summed E-state index contributed by atoms with van der Waals surface area (Å²) in [6.07, 6.45) is 3.49. The van der Waals surface area contributed by atoms with Crippen molar-refractivity contribution in [1.82, 2.24) is 5.32 Å². The van der Waals surface area contributed by atoms with Crippen LogP contribution in [-0.2, 0) is 11.3 Å². The lowest BCUT2D eigenvalue weighted by atomic mass is 10.0. The first kappa shape index (κ1) is 19.0. The highest BCUT2D eigenvalue weighted by atomic mass is 16.5. The van der Waals surface area contributed by atoms with Crippen LogP contribution in [0.4, 0.5) is 0 Å². The molecule has 3 heteroatoms. The molecule has 1 heterocycles. The Morgan fingerprint density at radius 2 is 1.86 bits per heavy atom. The lowest BCUT2D eigenvalue weighted by Gasteiger charge is -2.21. The smallest absolute Gasteiger partial charge is 0.124 e. The summed E-state index contributed by atoms with van der Waals surface area (Å²) in [6.45, 7) is 4.48. The van der Waals surface area contributed by atoms with Crippen LogP contribution in [-0.4, -0.2) is 19.3 Å². The minimum Gasteiger partial charge on any atom is -0.491 e. The van der Waals surface area contributed by atoms with Gasteiger partial charge in [-0.2, -0.15) is 0 Å². The van der Waals surface area contributed by atoms with E-state index in [-0.39, 0.29) is 6.10 Å². The SMILES string of the molecule is CCC(NCc1c(OCC2CCCO2)ccc2ccccc12)c1ccccc1. The van der Waals surface area contributed by atoms with Crippen molar-refractivity contribution in [3.8, 4) is 5.75 Å². The van der Waals surface area contributed by atoms with Crippen LogP contribution < -0.4 is 10.1 Å². The Morgan fingerprint density at radius 3 is 2.64 bits per heavy atom. The fourth-order valence-electron chi connectivity index (χ4n) is 4.00. The minimum absolute atomic E-state index is 0.222. The van der Waals surface area contributed by atoms with Crippen molar-refractivity contribution in [3.63, 3.8) is 0 Å². The number of hydrogen-bond acceptors (Lipinski definition) is 3. The third-order valence-corrected chi connectivity index (χ3v) is 5.58. The van der Waals surface area contributed by atoms with E-state index < -0.39 is 0 Å². The molecule has 0 bridgehead atoms. The van der Waals surface area contributed by atoms with Crippen LogP contribution in [0.1, 0.15) is 43.4 Å². The van der Waals surface area contributed by atoms with E-state index in [1.54, 1.807) is 0 Å². The molecule has 4 rings (SSSR count). The molecule has 2 unspecified atom stereocenters. The lowest BCUT2D eigenvalue weighted by Crippen LogP contribution is -2.22. The zero-order chi connectivity index (χ0) is 19.2. The van der Waals surface area contributed by atoms with Crippen molar-refractivity contribution in [2.45, 2.75) is 44.9 Å². The summed E-state index contributed by atoms with van der Waals surface area (Å²) in [5.74, 6) is 0.963. The summed E-state index contributed by atoms with van der Waals surface area (Å²) in [4.78, 5) is 0. The molecule has 1 N–H and O–H groups in total. The second-order valence-corrected chi connectivity index (χ2v) is 7.46. The zero-order valence-corrected chi connectivity index (χ0v) is 16.6. The highest BCUT2D eigenvalue weighted by Crippen LogP contribution is 2.30. The van der Waals surface area contributed by atoms with Crippen molar-refractivity contribution in [3.05, 3.63) is 77.9 Å². The van der Waals surface area contributed by atoms with E-state index >= 15 is 0 Å². The van der Waals surface area contributed by atoms with Crippen molar-refractivity contribution in [1.29, 1.82) is 0 Å². The first-order chi connectivity index (χ1) is 13.8. The standard InChI is InChI=1S/C25H29NO2/c1-2-24(20-10-4-3-5-11-20)26-17-23-22-13-7-6-9-19(22)14-15-25(23)28-18-21-12-8-16-27-21/h3-7,9-11,13-15,21,24,26H,2,8,12,16-18H2,1H3. The molecule has 3 aromatic rings. The summed E-state index contributed by atoms with van der Waals surface area (Å²) < 4.78 is 12.0. The first-order valence-electron chi connectivity index (χ1n) is 10.4. The Balaban J connectivity index is 1.56. The van der Waals surface area contributed by atoms with Crippen molar-refractivity contribution < 1.29 is 9.47 Å². The van der Waals surface area contributed by atoms with Gasteiger partial charge in [0.1, 0.15) is 12.4 Å². The molecular weight excluding hydrogens is 346 g/mol. The fourth-order valence-corrected chi connectivity index (χ4v) is 4.00. The van der Waals surface area contributed by atoms with Crippen LogP contribution in [0.25, 0.3) is 10.8 Å². The van der Waals surface area contributed by atoms with Crippen LogP contribution in [0.15, 0.2) is 66.7 Å². The molecule has 3 nitrogen and oxygen atoms in total. The molecule has 0 saturated carbocycles. The molecule has 0 aromatic heterocycles. The van der Waals surface area contributed by atoms with Gasteiger partial charge in [-0.1, -0.05) is 67.6 Å². The van der Waals surface area contributed by atoms with Gasteiger partial charge in [0.25, 0.3) is 0 Å². The summed E-state index contributed by atoms with van der Waals surface area (Å²) in [6, 6.07) is 23.8. The number of fused-ring (bicyclic) bond motifs is 1. The normalized spacial score (nSPS) is 17.7. The first-order valence-corrected chi connectivity index (χ1v) is 10.4. The minimum atomic E-state index is 0.222. The number of rotatable bonds is 8. The van der Waals surface area contributed by atoms with Gasteiger partial charge < -0.3 is 14.8 Å². The van der Waals surface area contributed by atoms with Crippen molar-refractivity contribution in [2.75, 3.05) is 13.2 Å². The average molecular weight is 376 g/mol. The lowest BCUT2D eigenvalue weighted by molar-refractivity contribution is 0.0676. The molecular formula is C25H29NO2. The zero-order valence-electron chi connectivity index (χ0n) is 16.6. The Bertz CT molecular complexity index is 887. The Labute approximate surface area is 167 Å². The van der Waals surface area contributed by atoms with Crippen molar-refractivity contribution >= 4 is 10.8 Å². The van der Waals surface area contributed by atoms with E-state index in [1.807, 2.05) is 0 Å². The van der Waals surface area contributed by atoms with E-state index in [0.717, 1.165) is 38.2 Å².